The third-order valence-electron chi connectivity index (χ3n) is 6.52. The predicted octanol–water partition coefficient (Wildman–Crippen LogP) is 3.09. The van der Waals surface area contributed by atoms with Crippen molar-refractivity contribution in [2.24, 2.45) is 11.4 Å². The minimum Gasteiger partial charge on any atom is -0.481 e. The van der Waals surface area contributed by atoms with Crippen molar-refractivity contribution in [1.29, 1.82) is 5.26 Å². The fraction of sp³-hybridized carbons (Fsp3) is 0.231. The molecular formula is C26H24N10O2S. The highest BCUT2D eigenvalue weighted by atomic mass is 32.2. The predicted molar refractivity (Wildman–Crippen MR) is 146 cm³/mol. The van der Waals surface area contributed by atoms with Crippen molar-refractivity contribution >= 4 is 26.8 Å². The number of aryl methyl sites for hydroxylation is 1. The summed E-state index contributed by atoms with van der Waals surface area (Å²) in [6.45, 7) is 1.14. The van der Waals surface area contributed by atoms with Crippen LogP contribution in [0.5, 0.6) is 5.88 Å². The van der Waals surface area contributed by atoms with Gasteiger partial charge in [0.15, 0.2) is 0 Å². The molecule has 5 aromatic heterocycles. The second-order valence-corrected chi connectivity index (χ2v) is 11.6. The molecule has 1 aliphatic heterocycles. The summed E-state index contributed by atoms with van der Waals surface area (Å²) in [4.78, 5) is 15.8. The van der Waals surface area contributed by atoms with Crippen LogP contribution in [-0.4, -0.2) is 70.3 Å². The smallest absolute Gasteiger partial charge is 0.213 e. The fourth-order valence-electron chi connectivity index (χ4n) is 4.48. The number of pyridine rings is 2. The minimum atomic E-state index is -2.39. The van der Waals surface area contributed by atoms with Crippen LogP contribution in [0.4, 0.5) is 11.5 Å². The molecule has 0 atom stereocenters. The van der Waals surface area contributed by atoms with Crippen LogP contribution in [0.3, 0.4) is 0 Å². The topological polar surface area (TPSA) is 139 Å². The molecule has 0 saturated carbocycles. The molecule has 0 N–H and O–H groups in total. The van der Waals surface area contributed by atoms with E-state index in [0.717, 1.165) is 16.9 Å². The summed E-state index contributed by atoms with van der Waals surface area (Å²) in [5.74, 6) is 2.13. The number of nitrogens with zero attached hydrogens (tertiary/aromatic N) is 10. The van der Waals surface area contributed by atoms with Gasteiger partial charge in [-0.2, -0.15) is 19.8 Å². The van der Waals surface area contributed by atoms with E-state index < -0.39 is 9.73 Å². The highest BCUT2D eigenvalue weighted by molar-refractivity contribution is 7.93. The van der Waals surface area contributed by atoms with Crippen LogP contribution in [0, 0.1) is 11.3 Å². The van der Waals surface area contributed by atoms with Gasteiger partial charge in [0.25, 0.3) is 0 Å². The molecule has 0 aromatic carbocycles. The quantitative estimate of drug-likeness (QED) is 0.329. The number of hydrogen-bond acceptors (Lipinski definition) is 10. The minimum absolute atomic E-state index is 0.430. The maximum Gasteiger partial charge on any atom is 0.213 e. The molecule has 0 radical (unpaired) electrons. The fourth-order valence-corrected chi connectivity index (χ4v) is 6.37. The molecule has 1 aliphatic rings. The first-order valence-corrected chi connectivity index (χ1v) is 14.0. The van der Waals surface area contributed by atoms with Crippen molar-refractivity contribution in [2.45, 2.75) is 0 Å². The molecule has 13 heteroatoms. The van der Waals surface area contributed by atoms with Gasteiger partial charge in [0.1, 0.15) is 23.0 Å². The number of nitriles is 1. The number of anilines is 1. The van der Waals surface area contributed by atoms with E-state index in [-0.39, 0.29) is 0 Å². The van der Waals surface area contributed by atoms with Crippen molar-refractivity contribution in [2.75, 3.05) is 36.6 Å². The second-order valence-electron chi connectivity index (χ2n) is 9.06. The Hall–Kier alpha value is -4.83. The Morgan fingerprint density at radius 2 is 1.85 bits per heavy atom. The molecule has 0 bridgehead atoms. The summed E-state index contributed by atoms with van der Waals surface area (Å²) < 4.78 is 26.3. The SMILES string of the molecule is COc1ccc(N=S2(=O)CCN(c3ccc(-c4nc(-c5cnn(C)c5)cn5ncc(C#N)c45)cn3)CC2)cn1. The molecule has 39 heavy (non-hydrogen) atoms. The van der Waals surface area contributed by atoms with E-state index in [9.17, 15) is 9.47 Å². The molecule has 6 heterocycles. The third-order valence-corrected chi connectivity index (χ3v) is 8.71. The monoisotopic (exact) mass is 540 g/mol. The summed E-state index contributed by atoms with van der Waals surface area (Å²) >= 11 is 0. The average molecular weight is 541 g/mol. The van der Waals surface area contributed by atoms with Gasteiger partial charge < -0.3 is 9.64 Å². The Labute approximate surface area is 224 Å². The standard InChI is InChI=1S/C26H24N10O2S/c1-34-16-20(14-30-34)22-17-36-26(19(11-27)13-31-36)25(32-22)18-3-5-23(28-12-18)35-7-9-39(37,10-8-35)33-21-4-6-24(38-2)29-15-21/h3-6,12-17H,7-10H2,1-2H3. The first-order valence-electron chi connectivity index (χ1n) is 12.2. The molecule has 12 nitrogen and oxygen atoms in total. The Morgan fingerprint density at radius 3 is 2.49 bits per heavy atom. The van der Waals surface area contributed by atoms with Crippen molar-refractivity contribution in [3.05, 3.63) is 67.0 Å². The van der Waals surface area contributed by atoms with E-state index in [4.69, 9.17) is 14.7 Å². The molecule has 5 aromatic rings. The Balaban J connectivity index is 1.26. The molecule has 0 aliphatic carbocycles. The maximum atomic E-state index is 13.3. The van der Waals surface area contributed by atoms with Crippen LogP contribution in [0.1, 0.15) is 5.56 Å². The summed E-state index contributed by atoms with van der Waals surface area (Å²) in [5, 5.41) is 18.3. The Kier molecular flexibility index (Phi) is 6.16. The number of methoxy groups -OCH3 is 1. The van der Waals surface area contributed by atoms with Gasteiger partial charge in [-0.05, 0) is 18.2 Å². The second kappa shape index (κ2) is 9.80. The lowest BCUT2D eigenvalue weighted by molar-refractivity contribution is 0.398. The van der Waals surface area contributed by atoms with Gasteiger partial charge in [0.05, 0.1) is 58.7 Å². The number of ether oxygens (including phenoxy) is 1. The van der Waals surface area contributed by atoms with Gasteiger partial charge in [0, 0.05) is 61.2 Å². The number of rotatable bonds is 5. The van der Waals surface area contributed by atoms with Crippen LogP contribution in [0.25, 0.3) is 28.0 Å². The van der Waals surface area contributed by atoms with Gasteiger partial charge in [-0.1, -0.05) is 0 Å². The van der Waals surface area contributed by atoms with Crippen molar-refractivity contribution < 1.29 is 8.95 Å². The highest BCUT2D eigenvalue weighted by Gasteiger charge is 2.22. The highest BCUT2D eigenvalue weighted by Crippen LogP contribution is 2.29. The molecular weight excluding hydrogens is 516 g/mol. The van der Waals surface area contributed by atoms with Gasteiger partial charge in [-0.3, -0.25) is 4.68 Å². The summed E-state index contributed by atoms with van der Waals surface area (Å²) in [7, 11) is 1.00. The number of aromatic nitrogens is 7. The zero-order valence-electron chi connectivity index (χ0n) is 21.3. The summed E-state index contributed by atoms with van der Waals surface area (Å²) in [6.07, 6.45) is 10.3. The van der Waals surface area contributed by atoms with E-state index in [1.807, 2.05) is 25.4 Å². The van der Waals surface area contributed by atoms with Crippen molar-refractivity contribution in [3.63, 3.8) is 0 Å². The number of hydrogen-bond donors (Lipinski definition) is 0. The molecule has 0 unspecified atom stereocenters. The van der Waals surface area contributed by atoms with Crippen LogP contribution in [0.15, 0.2) is 65.8 Å². The molecule has 1 fully saturated rings. The molecule has 0 spiro atoms. The van der Waals surface area contributed by atoms with E-state index in [1.165, 1.54) is 6.20 Å². The Morgan fingerprint density at radius 1 is 1.00 bits per heavy atom. The zero-order valence-corrected chi connectivity index (χ0v) is 22.1. The first kappa shape index (κ1) is 24.5. The van der Waals surface area contributed by atoms with Crippen LogP contribution in [0.2, 0.25) is 0 Å². The number of fused-ring (bicyclic) bond motifs is 1. The normalized spacial score (nSPS) is 14.7. The molecule has 1 saturated heterocycles. The molecule has 0 amide bonds. The summed E-state index contributed by atoms with van der Waals surface area (Å²) in [5.41, 5.74) is 4.52. The van der Waals surface area contributed by atoms with Crippen molar-refractivity contribution in [3.8, 4) is 34.5 Å². The van der Waals surface area contributed by atoms with Gasteiger partial charge in [0.2, 0.25) is 5.88 Å². The van der Waals surface area contributed by atoms with Gasteiger partial charge >= 0.3 is 0 Å². The first-order chi connectivity index (χ1) is 18.9. The third kappa shape index (κ3) is 4.77. The molecule has 196 valence electrons. The van der Waals surface area contributed by atoms with Crippen LogP contribution < -0.4 is 9.64 Å². The van der Waals surface area contributed by atoms with Gasteiger partial charge in [-0.25, -0.2) is 23.7 Å². The zero-order chi connectivity index (χ0) is 27.0. The molecule has 6 rings (SSSR count). The lowest BCUT2D eigenvalue weighted by Crippen LogP contribution is -2.40. The Bertz CT molecular complexity index is 1810. The lowest BCUT2D eigenvalue weighted by atomic mass is 10.1. The largest absolute Gasteiger partial charge is 0.481 e. The van der Waals surface area contributed by atoms with Crippen molar-refractivity contribution in [1.82, 2.24) is 34.3 Å². The van der Waals surface area contributed by atoms with E-state index >= 15 is 0 Å². The average Bonchev–Trinajstić information content (AvgIpc) is 3.59. The maximum absolute atomic E-state index is 13.3. The lowest BCUT2D eigenvalue weighted by Gasteiger charge is -2.29. The van der Waals surface area contributed by atoms with E-state index in [2.05, 4.69) is 30.5 Å². The van der Waals surface area contributed by atoms with Crippen LogP contribution in [-0.2, 0) is 16.8 Å². The van der Waals surface area contributed by atoms with E-state index in [1.54, 1.807) is 53.2 Å². The summed E-state index contributed by atoms with van der Waals surface area (Å²) in [6, 6.07) is 9.53. The van der Waals surface area contributed by atoms with Gasteiger partial charge in [-0.15, -0.1) is 0 Å². The van der Waals surface area contributed by atoms with Crippen LogP contribution >= 0.6 is 0 Å². The van der Waals surface area contributed by atoms with E-state index in [0.29, 0.717) is 58.6 Å².